The van der Waals surface area contributed by atoms with Crippen LogP contribution in [0.5, 0.6) is 5.75 Å². The fourth-order valence-corrected chi connectivity index (χ4v) is 1.90. The predicted octanol–water partition coefficient (Wildman–Crippen LogP) is 1.43. The number of ether oxygens (including phenoxy) is 1. The maximum atomic E-state index is 9.92. The summed E-state index contributed by atoms with van der Waals surface area (Å²) in [6, 6.07) is 5.71. The Morgan fingerprint density at radius 3 is 2.93 bits per heavy atom. The monoisotopic (exact) mass is 208 g/mol. The van der Waals surface area contributed by atoms with Crippen LogP contribution in [0.2, 0.25) is 0 Å². The Hall–Kier alpha value is -1.06. The number of para-hydroxylation sites is 1. The molecule has 0 aromatic heterocycles. The van der Waals surface area contributed by atoms with Gasteiger partial charge in [-0.1, -0.05) is 25.1 Å². The maximum absolute atomic E-state index is 9.92. The van der Waals surface area contributed by atoms with Gasteiger partial charge in [0.2, 0.25) is 0 Å². The number of aliphatic hydroxyl groups excluding tert-OH is 2. The lowest BCUT2D eigenvalue weighted by Crippen LogP contribution is -2.17. The van der Waals surface area contributed by atoms with E-state index in [1.54, 1.807) is 0 Å². The summed E-state index contributed by atoms with van der Waals surface area (Å²) in [4.78, 5) is 0. The van der Waals surface area contributed by atoms with Crippen molar-refractivity contribution in [3.8, 4) is 5.75 Å². The molecule has 82 valence electrons. The SMILES string of the molecule is CCC(O)C(O)c1cccc2c1OCC2. The highest BCUT2D eigenvalue weighted by Gasteiger charge is 2.24. The molecule has 1 heterocycles. The highest BCUT2D eigenvalue weighted by Crippen LogP contribution is 2.34. The zero-order valence-corrected chi connectivity index (χ0v) is 8.81. The highest BCUT2D eigenvalue weighted by molar-refractivity contribution is 5.45. The first kappa shape index (κ1) is 10.5. The van der Waals surface area contributed by atoms with Crippen LogP contribution in [0.3, 0.4) is 0 Å². The van der Waals surface area contributed by atoms with Crippen molar-refractivity contribution >= 4 is 0 Å². The molecule has 15 heavy (non-hydrogen) atoms. The van der Waals surface area contributed by atoms with Gasteiger partial charge in [0.1, 0.15) is 11.9 Å². The van der Waals surface area contributed by atoms with Crippen LogP contribution in [0, 0.1) is 0 Å². The van der Waals surface area contributed by atoms with Crippen LogP contribution in [0.15, 0.2) is 18.2 Å². The third-order valence-electron chi connectivity index (χ3n) is 2.85. The average molecular weight is 208 g/mol. The minimum absolute atomic E-state index is 0.533. The fraction of sp³-hybridized carbons (Fsp3) is 0.500. The normalized spacial score (nSPS) is 18.1. The minimum atomic E-state index is -0.844. The molecule has 1 aliphatic heterocycles. The third-order valence-corrected chi connectivity index (χ3v) is 2.85. The molecule has 2 N–H and O–H groups in total. The summed E-state index contributed by atoms with van der Waals surface area (Å²) in [7, 11) is 0. The Balaban J connectivity index is 2.32. The molecule has 0 radical (unpaired) electrons. The molecule has 0 saturated heterocycles. The number of aliphatic hydroxyl groups is 2. The van der Waals surface area contributed by atoms with Crippen molar-refractivity contribution in [1.29, 1.82) is 0 Å². The van der Waals surface area contributed by atoms with Gasteiger partial charge in [0.25, 0.3) is 0 Å². The van der Waals surface area contributed by atoms with Crippen molar-refractivity contribution < 1.29 is 14.9 Å². The van der Waals surface area contributed by atoms with Crippen molar-refractivity contribution in [2.75, 3.05) is 6.61 Å². The second-order valence-electron chi connectivity index (χ2n) is 3.85. The van der Waals surface area contributed by atoms with E-state index in [-0.39, 0.29) is 0 Å². The molecule has 0 amide bonds. The maximum Gasteiger partial charge on any atom is 0.128 e. The molecule has 3 heteroatoms. The molecule has 2 atom stereocenters. The standard InChI is InChI=1S/C12H16O3/c1-2-10(13)11(14)9-5-3-4-8-6-7-15-12(8)9/h3-5,10-11,13-14H,2,6-7H2,1H3. The van der Waals surface area contributed by atoms with Gasteiger partial charge in [-0.2, -0.15) is 0 Å². The molecule has 2 unspecified atom stereocenters. The predicted molar refractivity (Wildman–Crippen MR) is 56.9 cm³/mol. The van der Waals surface area contributed by atoms with Crippen molar-refractivity contribution in [2.24, 2.45) is 0 Å². The first-order valence-electron chi connectivity index (χ1n) is 5.34. The van der Waals surface area contributed by atoms with E-state index in [1.807, 2.05) is 25.1 Å². The number of hydrogen-bond acceptors (Lipinski definition) is 3. The van der Waals surface area contributed by atoms with Gasteiger partial charge >= 0.3 is 0 Å². The van der Waals surface area contributed by atoms with Gasteiger partial charge in [-0.05, 0) is 12.0 Å². The summed E-state index contributed by atoms with van der Waals surface area (Å²) in [6.45, 7) is 2.51. The Labute approximate surface area is 89.3 Å². The molecule has 1 aromatic rings. The summed E-state index contributed by atoms with van der Waals surface area (Å²) in [5.74, 6) is 0.762. The van der Waals surface area contributed by atoms with Crippen molar-refractivity contribution in [3.05, 3.63) is 29.3 Å². The Bertz CT molecular complexity index is 349. The summed E-state index contributed by atoms with van der Waals surface area (Å²) in [5.41, 5.74) is 1.83. The first-order valence-corrected chi connectivity index (χ1v) is 5.34. The van der Waals surface area contributed by atoms with E-state index in [4.69, 9.17) is 4.74 Å². The topological polar surface area (TPSA) is 49.7 Å². The Morgan fingerprint density at radius 2 is 2.20 bits per heavy atom. The molecule has 0 spiro atoms. The molecule has 0 aliphatic carbocycles. The van der Waals surface area contributed by atoms with E-state index in [0.29, 0.717) is 18.6 Å². The van der Waals surface area contributed by atoms with Gasteiger partial charge in [0.05, 0.1) is 12.7 Å². The van der Waals surface area contributed by atoms with E-state index in [2.05, 4.69) is 0 Å². The molecule has 2 rings (SSSR count). The van der Waals surface area contributed by atoms with Crippen molar-refractivity contribution in [2.45, 2.75) is 32.0 Å². The Kier molecular flexibility index (Phi) is 2.93. The van der Waals surface area contributed by atoms with Gasteiger partial charge in [0, 0.05) is 12.0 Å². The van der Waals surface area contributed by atoms with Crippen LogP contribution >= 0.6 is 0 Å². The zero-order chi connectivity index (χ0) is 10.8. The van der Waals surface area contributed by atoms with Crippen LogP contribution in [0.1, 0.15) is 30.6 Å². The summed E-state index contributed by atoms with van der Waals surface area (Å²) in [6.07, 6.45) is -0.146. The number of fused-ring (bicyclic) bond motifs is 1. The molecule has 1 aromatic carbocycles. The second kappa shape index (κ2) is 4.21. The summed E-state index contributed by atoms with van der Waals surface area (Å²) in [5, 5.41) is 19.5. The van der Waals surface area contributed by atoms with Crippen LogP contribution in [0.4, 0.5) is 0 Å². The lowest BCUT2D eigenvalue weighted by molar-refractivity contribution is 0.0151. The van der Waals surface area contributed by atoms with Gasteiger partial charge in [-0.25, -0.2) is 0 Å². The van der Waals surface area contributed by atoms with E-state index >= 15 is 0 Å². The number of rotatable bonds is 3. The molecule has 0 saturated carbocycles. The summed E-state index contributed by atoms with van der Waals surface area (Å²) >= 11 is 0. The van der Waals surface area contributed by atoms with E-state index in [0.717, 1.165) is 17.7 Å². The van der Waals surface area contributed by atoms with E-state index < -0.39 is 12.2 Å². The molecule has 1 aliphatic rings. The van der Waals surface area contributed by atoms with Gasteiger partial charge in [-0.3, -0.25) is 0 Å². The third kappa shape index (κ3) is 1.85. The van der Waals surface area contributed by atoms with Crippen LogP contribution in [-0.2, 0) is 6.42 Å². The summed E-state index contributed by atoms with van der Waals surface area (Å²) < 4.78 is 5.47. The van der Waals surface area contributed by atoms with Crippen LogP contribution in [-0.4, -0.2) is 22.9 Å². The molecule has 3 nitrogen and oxygen atoms in total. The van der Waals surface area contributed by atoms with E-state index in [1.165, 1.54) is 0 Å². The largest absolute Gasteiger partial charge is 0.493 e. The van der Waals surface area contributed by atoms with Crippen LogP contribution in [0.25, 0.3) is 0 Å². The highest BCUT2D eigenvalue weighted by atomic mass is 16.5. The first-order chi connectivity index (χ1) is 7.24. The lowest BCUT2D eigenvalue weighted by Gasteiger charge is -2.18. The number of benzene rings is 1. The molecular formula is C12H16O3. The number of hydrogen-bond donors (Lipinski definition) is 2. The Morgan fingerprint density at radius 1 is 1.40 bits per heavy atom. The smallest absolute Gasteiger partial charge is 0.128 e. The van der Waals surface area contributed by atoms with Gasteiger partial charge < -0.3 is 14.9 Å². The lowest BCUT2D eigenvalue weighted by atomic mass is 9.99. The van der Waals surface area contributed by atoms with Gasteiger partial charge in [-0.15, -0.1) is 0 Å². The molecule has 0 bridgehead atoms. The molecule has 0 fully saturated rings. The van der Waals surface area contributed by atoms with Crippen molar-refractivity contribution in [1.82, 2.24) is 0 Å². The molecular weight excluding hydrogens is 192 g/mol. The van der Waals surface area contributed by atoms with E-state index in [9.17, 15) is 10.2 Å². The fourth-order valence-electron chi connectivity index (χ4n) is 1.90. The van der Waals surface area contributed by atoms with Crippen molar-refractivity contribution in [3.63, 3.8) is 0 Å². The van der Waals surface area contributed by atoms with Crippen LogP contribution < -0.4 is 4.74 Å². The zero-order valence-electron chi connectivity index (χ0n) is 8.81. The minimum Gasteiger partial charge on any atom is -0.493 e. The quantitative estimate of drug-likeness (QED) is 0.790. The average Bonchev–Trinajstić information content (AvgIpc) is 2.74. The van der Waals surface area contributed by atoms with Gasteiger partial charge in [0.15, 0.2) is 0 Å². The second-order valence-corrected chi connectivity index (χ2v) is 3.85.